The molecule has 1 aliphatic heterocycles. The maximum atomic E-state index is 12.7. The monoisotopic (exact) mass is 302 g/mol. The molecule has 0 spiro atoms. The molecular formula is C17H22N2O3. The molecule has 0 bridgehead atoms. The Labute approximate surface area is 130 Å². The van der Waals surface area contributed by atoms with E-state index in [9.17, 15) is 9.59 Å². The minimum Gasteiger partial charge on any atom is -0.444 e. The number of carbonyl (C=O) groups excluding carboxylic acids is 2. The summed E-state index contributed by atoms with van der Waals surface area (Å²) in [6, 6.07) is 7.44. The fraction of sp³-hybridized carbons (Fsp3) is 0.529. The van der Waals surface area contributed by atoms with Crippen molar-refractivity contribution in [3.63, 3.8) is 0 Å². The first-order chi connectivity index (χ1) is 10.3. The van der Waals surface area contributed by atoms with E-state index >= 15 is 0 Å². The number of alkyl carbamates (subject to hydrolysis) is 1. The minimum atomic E-state index is -0.574. The summed E-state index contributed by atoms with van der Waals surface area (Å²) >= 11 is 0. The summed E-state index contributed by atoms with van der Waals surface area (Å²) in [5.41, 5.74) is 1.56. The zero-order valence-corrected chi connectivity index (χ0v) is 13.4. The van der Waals surface area contributed by atoms with E-state index in [1.165, 1.54) is 5.56 Å². The quantitative estimate of drug-likeness (QED) is 0.867. The van der Waals surface area contributed by atoms with Crippen LogP contribution in [0, 0.1) is 5.92 Å². The van der Waals surface area contributed by atoms with Gasteiger partial charge in [-0.05, 0) is 50.7 Å². The van der Waals surface area contributed by atoms with Gasteiger partial charge in [-0.3, -0.25) is 4.79 Å². The lowest BCUT2D eigenvalue weighted by molar-refractivity contribution is -0.120. The van der Waals surface area contributed by atoms with Crippen LogP contribution < -0.4 is 10.2 Å². The Hall–Kier alpha value is -2.04. The van der Waals surface area contributed by atoms with Crippen molar-refractivity contribution in [3.05, 3.63) is 29.8 Å². The molecule has 5 heteroatoms. The number of rotatable bonds is 1. The molecule has 0 saturated heterocycles. The number of carbonyl (C=O) groups is 2. The molecule has 2 amide bonds. The average Bonchev–Trinajstić information content (AvgIpc) is 3.21. The van der Waals surface area contributed by atoms with Gasteiger partial charge in [0.15, 0.2) is 0 Å². The SMILES string of the molecule is CN1C(=O)[C@@H](NC(=O)OC(C)(C)C)[C@H]2CC2c2ccccc21. The maximum absolute atomic E-state index is 12.7. The Bertz CT molecular complexity index is 621. The van der Waals surface area contributed by atoms with Crippen LogP contribution in [-0.4, -0.2) is 30.7 Å². The van der Waals surface area contributed by atoms with Crippen LogP contribution >= 0.6 is 0 Å². The summed E-state index contributed by atoms with van der Waals surface area (Å²) in [6.07, 6.45) is 0.396. The van der Waals surface area contributed by atoms with Gasteiger partial charge in [0.05, 0.1) is 0 Å². The lowest BCUT2D eigenvalue weighted by Crippen LogP contribution is -2.49. The van der Waals surface area contributed by atoms with Gasteiger partial charge in [0.1, 0.15) is 11.6 Å². The number of likely N-dealkylation sites (N-methyl/N-ethyl adjacent to an activating group) is 1. The van der Waals surface area contributed by atoms with E-state index in [1.807, 2.05) is 39.0 Å². The molecule has 1 aromatic rings. The molecule has 3 atom stereocenters. The Morgan fingerprint density at radius 3 is 2.68 bits per heavy atom. The van der Waals surface area contributed by atoms with Gasteiger partial charge in [0.25, 0.3) is 0 Å². The first-order valence-corrected chi connectivity index (χ1v) is 7.64. The minimum absolute atomic E-state index is 0.0803. The molecule has 5 nitrogen and oxygen atoms in total. The normalized spacial score (nSPS) is 26.6. The van der Waals surface area contributed by atoms with E-state index in [2.05, 4.69) is 11.4 Å². The number of fused-ring (bicyclic) bond motifs is 3. The van der Waals surface area contributed by atoms with Crippen LogP contribution in [0.25, 0.3) is 0 Å². The largest absolute Gasteiger partial charge is 0.444 e. The van der Waals surface area contributed by atoms with E-state index in [-0.39, 0.29) is 11.8 Å². The predicted molar refractivity (Wildman–Crippen MR) is 83.9 cm³/mol. The molecule has 118 valence electrons. The summed E-state index contributed by atoms with van der Waals surface area (Å²) in [6.45, 7) is 5.43. The molecule has 0 radical (unpaired) electrons. The zero-order chi connectivity index (χ0) is 16.1. The van der Waals surface area contributed by atoms with Crippen molar-refractivity contribution in [3.8, 4) is 0 Å². The molecule has 3 rings (SSSR count). The standard InChI is InChI=1S/C17H22N2O3/c1-17(2,3)22-16(21)18-14-12-9-11(12)10-7-5-6-8-13(10)19(4)15(14)20/h5-8,11-12,14H,9H2,1-4H3,(H,18,21)/t11?,12-,14-/m0/s1. The van der Waals surface area contributed by atoms with Crippen LogP contribution in [0.4, 0.5) is 10.5 Å². The number of para-hydroxylation sites is 1. The lowest BCUT2D eigenvalue weighted by Gasteiger charge is -2.25. The number of ether oxygens (including phenoxy) is 1. The third-order valence-corrected chi connectivity index (χ3v) is 4.23. The fourth-order valence-electron chi connectivity index (χ4n) is 3.16. The van der Waals surface area contributed by atoms with Gasteiger partial charge >= 0.3 is 6.09 Å². The van der Waals surface area contributed by atoms with Crippen molar-refractivity contribution < 1.29 is 14.3 Å². The van der Waals surface area contributed by atoms with Crippen LogP contribution in [-0.2, 0) is 9.53 Å². The van der Waals surface area contributed by atoms with Crippen LogP contribution in [0.5, 0.6) is 0 Å². The predicted octanol–water partition coefficient (Wildman–Crippen LogP) is 2.66. The summed E-state index contributed by atoms with van der Waals surface area (Å²) in [5, 5.41) is 2.77. The van der Waals surface area contributed by atoms with Crippen molar-refractivity contribution in [1.82, 2.24) is 5.32 Å². The lowest BCUT2D eigenvalue weighted by atomic mass is 10.1. The fourth-order valence-corrected chi connectivity index (χ4v) is 3.16. The molecule has 2 aliphatic rings. The number of benzene rings is 1. The molecule has 1 aromatic carbocycles. The van der Waals surface area contributed by atoms with Gasteiger partial charge < -0.3 is 15.0 Å². The number of anilines is 1. The highest BCUT2D eigenvalue weighted by atomic mass is 16.6. The Morgan fingerprint density at radius 1 is 1.32 bits per heavy atom. The van der Waals surface area contributed by atoms with Gasteiger partial charge in [-0.25, -0.2) is 4.79 Å². The second-order valence-corrected chi connectivity index (χ2v) is 7.09. The van der Waals surface area contributed by atoms with Gasteiger partial charge in [-0.1, -0.05) is 18.2 Å². The second kappa shape index (κ2) is 5.00. The van der Waals surface area contributed by atoms with Gasteiger partial charge in [0.2, 0.25) is 5.91 Å². The average molecular weight is 302 g/mol. The Balaban J connectivity index is 1.81. The van der Waals surface area contributed by atoms with Crippen molar-refractivity contribution in [2.75, 3.05) is 11.9 Å². The first kappa shape index (κ1) is 14.9. The maximum Gasteiger partial charge on any atom is 0.408 e. The molecule has 0 aromatic heterocycles. The highest BCUT2D eigenvalue weighted by molar-refractivity contribution is 6.00. The molecule has 1 saturated carbocycles. The highest BCUT2D eigenvalue weighted by Crippen LogP contribution is 2.54. The number of nitrogens with zero attached hydrogens (tertiary/aromatic N) is 1. The Morgan fingerprint density at radius 2 is 2.00 bits per heavy atom. The van der Waals surface area contributed by atoms with Crippen LogP contribution in [0.3, 0.4) is 0 Å². The molecule has 1 N–H and O–H groups in total. The zero-order valence-electron chi connectivity index (χ0n) is 13.4. The molecular weight excluding hydrogens is 280 g/mol. The number of nitrogens with one attached hydrogen (secondary N) is 1. The topological polar surface area (TPSA) is 58.6 Å². The van der Waals surface area contributed by atoms with Crippen molar-refractivity contribution in [2.45, 2.75) is 44.8 Å². The van der Waals surface area contributed by atoms with E-state index in [4.69, 9.17) is 4.74 Å². The third-order valence-electron chi connectivity index (χ3n) is 4.23. The van der Waals surface area contributed by atoms with E-state index in [0.717, 1.165) is 12.1 Å². The van der Waals surface area contributed by atoms with Gasteiger partial charge in [-0.2, -0.15) is 0 Å². The summed E-state index contributed by atoms with van der Waals surface area (Å²) in [4.78, 5) is 26.4. The highest BCUT2D eigenvalue weighted by Gasteiger charge is 2.52. The number of hydrogen-bond donors (Lipinski definition) is 1. The molecule has 1 aliphatic carbocycles. The van der Waals surface area contributed by atoms with E-state index in [1.54, 1.807) is 11.9 Å². The molecule has 22 heavy (non-hydrogen) atoms. The van der Waals surface area contributed by atoms with Gasteiger partial charge in [0, 0.05) is 12.7 Å². The molecule has 1 heterocycles. The summed E-state index contributed by atoms with van der Waals surface area (Å²) < 4.78 is 5.29. The van der Waals surface area contributed by atoms with Gasteiger partial charge in [-0.15, -0.1) is 0 Å². The van der Waals surface area contributed by atoms with Crippen LogP contribution in [0.15, 0.2) is 24.3 Å². The van der Waals surface area contributed by atoms with Crippen molar-refractivity contribution >= 4 is 17.7 Å². The smallest absolute Gasteiger partial charge is 0.408 e. The summed E-state index contributed by atoms with van der Waals surface area (Å²) in [5.74, 6) is 0.416. The van der Waals surface area contributed by atoms with Crippen LogP contribution in [0.2, 0.25) is 0 Å². The Kier molecular flexibility index (Phi) is 3.38. The number of hydrogen-bond acceptors (Lipinski definition) is 3. The second-order valence-electron chi connectivity index (χ2n) is 7.09. The molecule has 1 unspecified atom stereocenters. The van der Waals surface area contributed by atoms with E-state index < -0.39 is 17.7 Å². The van der Waals surface area contributed by atoms with Crippen LogP contribution in [0.1, 0.15) is 38.7 Å². The summed E-state index contributed by atoms with van der Waals surface area (Å²) in [7, 11) is 1.76. The third kappa shape index (κ3) is 2.67. The van der Waals surface area contributed by atoms with Crippen molar-refractivity contribution in [1.29, 1.82) is 0 Å². The molecule has 1 fully saturated rings. The first-order valence-electron chi connectivity index (χ1n) is 7.64. The number of amides is 2. The van der Waals surface area contributed by atoms with E-state index in [0.29, 0.717) is 5.92 Å². The van der Waals surface area contributed by atoms with Crippen molar-refractivity contribution in [2.24, 2.45) is 5.92 Å².